The van der Waals surface area contributed by atoms with Crippen molar-refractivity contribution < 1.29 is 33.7 Å². The maximum atomic E-state index is 13.0. The lowest BCUT2D eigenvalue weighted by Gasteiger charge is -2.16. The van der Waals surface area contributed by atoms with Gasteiger partial charge in [-0.2, -0.15) is 0 Å². The first-order valence-electron chi connectivity index (χ1n) is 9.32. The molecule has 9 nitrogen and oxygen atoms in total. The van der Waals surface area contributed by atoms with Crippen LogP contribution >= 0.6 is 15.9 Å². The zero-order valence-corrected chi connectivity index (χ0v) is 19.5. The van der Waals surface area contributed by atoms with Gasteiger partial charge < -0.3 is 30.0 Å². The van der Waals surface area contributed by atoms with Crippen molar-refractivity contribution in [3.8, 4) is 17.2 Å². The lowest BCUT2D eigenvalue weighted by atomic mass is 10.1. The number of hydrogen-bond donors (Lipinski definition) is 3. The number of carbonyl (C=O) groups excluding carboxylic acids is 2. The Morgan fingerprint density at radius 3 is 2.03 bits per heavy atom. The second kappa shape index (κ2) is 11.2. The second-order valence-electron chi connectivity index (χ2n) is 6.51. The summed E-state index contributed by atoms with van der Waals surface area (Å²) in [5.74, 6) is -1.77. The molecule has 0 fully saturated rings. The van der Waals surface area contributed by atoms with Gasteiger partial charge in [-0.3, -0.25) is 14.4 Å². The van der Waals surface area contributed by atoms with E-state index in [0.717, 1.165) is 4.47 Å². The molecule has 10 heteroatoms. The largest absolute Gasteiger partial charge is 0.493 e. The van der Waals surface area contributed by atoms with Crippen LogP contribution in [0.5, 0.6) is 17.2 Å². The van der Waals surface area contributed by atoms with E-state index in [-0.39, 0.29) is 22.8 Å². The zero-order chi connectivity index (χ0) is 23.8. The highest BCUT2D eigenvalue weighted by Crippen LogP contribution is 2.38. The molecule has 0 radical (unpaired) electrons. The minimum atomic E-state index is -1.21. The molecule has 3 N–H and O–H groups in total. The van der Waals surface area contributed by atoms with E-state index in [1.165, 1.54) is 46.5 Å². The molecule has 0 spiro atoms. The van der Waals surface area contributed by atoms with Crippen molar-refractivity contribution in [3.05, 3.63) is 57.7 Å². The number of hydrogen-bond acceptors (Lipinski definition) is 6. The molecular weight excluding hydrogens is 484 g/mol. The van der Waals surface area contributed by atoms with Gasteiger partial charge in [0, 0.05) is 10.0 Å². The van der Waals surface area contributed by atoms with E-state index in [1.807, 2.05) is 0 Å². The second-order valence-corrected chi connectivity index (χ2v) is 7.43. The van der Waals surface area contributed by atoms with Crippen LogP contribution < -0.4 is 24.8 Å². The fourth-order valence-electron chi connectivity index (χ4n) is 2.63. The lowest BCUT2D eigenvalue weighted by Crippen LogP contribution is -2.42. The number of methoxy groups -OCH3 is 3. The van der Waals surface area contributed by atoms with Crippen LogP contribution in [0.15, 0.2) is 46.6 Å². The van der Waals surface area contributed by atoms with Crippen molar-refractivity contribution in [3.63, 3.8) is 0 Å². The highest BCUT2D eigenvalue weighted by atomic mass is 79.9. The molecule has 0 aromatic heterocycles. The monoisotopic (exact) mass is 506 g/mol. The average Bonchev–Trinajstić information content (AvgIpc) is 2.78. The third-order valence-corrected chi connectivity index (χ3v) is 4.85. The van der Waals surface area contributed by atoms with Crippen molar-refractivity contribution >= 4 is 39.8 Å². The van der Waals surface area contributed by atoms with Gasteiger partial charge in [0.2, 0.25) is 5.75 Å². The predicted molar refractivity (Wildman–Crippen MR) is 121 cm³/mol. The molecule has 32 heavy (non-hydrogen) atoms. The third kappa shape index (κ3) is 6.24. The van der Waals surface area contributed by atoms with Crippen LogP contribution in [0.25, 0.3) is 6.08 Å². The molecule has 170 valence electrons. The SMILES string of the molecule is COc1cc(C(=O)N/C(=C\c2ccc(Br)cc2)C(=O)N[C@@H](C)C(=O)O)cc(OC)c1OC. The van der Waals surface area contributed by atoms with Gasteiger partial charge in [-0.1, -0.05) is 28.1 Å². The highest BCUT2D eigenvalue weighted by Gasteiger charge is 2.22. The van der Waals surface area contributed by atoms with E-state index in [2.05, 4.69) is 26.6 Å². The predicted octanol–water partition coefficient (Wildman–Crippen LogP) is 2.84. The standard InChI is InChI=1S/C22H23BrN2O7/c1-12(22(28)29)24-21(27)16(9-13-5-7-15(23)8-6-13)25-20(26)14-10-17(30-2)19(32-4)18(11-14)31-3/h5-12H,1-4H3,(H,24,27)(H,25,26)(H,28,29)/b16-9-/t12-/m0/s1. The molecule has 0 aliphatic heterocycles. The Balaban J connectivity index is 2.42. The van der Waals surface area contributed by atoms with Crippen molar-refractivity contribution in [2.75, 3.05) is 21.3 Å². The Hall–Kier alpha value is -3.53. The molecular formula is C22H23BrN2O7. The molecule has 2 rings (SSSR count). The summed E-state index contributed by atoms with van der Waals surface area (Å²) in [6.07, 6.45) is 1.44. The molecule has 2 aromatic rings. The van der Waals surface area contributed by atoms with Crippen LogP contribution in [0.3, 0.4) is 0 Å². The summed E-state index contributed by atoms with van der Waals surface area (Å²) in [6, 6.07) is 8.70. The maximum Gasteiger partial charge on any atom is 0.325 e. The number of carboxylic acid groups (broad SMARTS) is 1. The van der Waals surface area contributed by atoms with Crippen molar-refractivity contribution in [1.82, 2.24) is 10.6 Å². The summed E-state index contributed by atoms with van der Waals surface area (Å²) in [5.41, 5.74) is 0.617. The topological polar surface area (TPSA) is 123 Å². The number of benzene rings is 2. The van der Waals surface area contributed by atoms with Crippen LogP contribution in [0, 0.1) is 0 Å². The molecule has 1 atom stereocenters. The summed E-state index contributed by atoms with van der Waals surface area (Å²) in [5, 5.41) is 14.0. The fraction of sp³-hybridized carbons (Fsp3) is 0.227. The number of nitrogens with one attached hydrogen (secondary N) is 2. The van der Waals surface area contributed by atoms with Crippen LogP contribution in [0.2, 0.25) is 0 Å². The van der Waals surface area contributed by atoms with E-state index in [9.17, 15) is 14.4 Å². The molecule has 0 saturated carbocycles. The smallest absolute Gasteiger partial charge is 0.325 e. The number of halogens is 1. The molecule has 2 amide bonds. The lowest BCUT2D eigenvalue weighted by molar-refractivity contribution is -0.140. The van der Waals surface area contributed by atoms with E-state index in [1.54, 1.807) is 24.3 Å². The van der Waals surface area contributed by atoms with Crippen LogP contribution in [-0.4, -0.2) is 50.3 Å². The van der Waals surface area contributed by atoms with E-state index in [0.29, 0.717) is 11.3 Å². The average molecular weight is 507 g/mol. The first-order valence-corrected chi connectivity index (χ1v) is 10.1. The first-order chi connectivity index (χ1) is 15.2. The normalized spacial score (nSPS) is 11.8. The van der Waals surface area contributed by atoms with Gasteiger partial charge in [0.15, 0.2) is 11.5 Å². The number of amides is 2. The molecule has 0 unspecified atom stereocenters. The van der Waals surface area contributed by atoms with Crippen molar-refractivity contribution in [1.29, 1.82) is 0 Å². The quantitative estimate of drug-likeness (QED) is 0.446. The molecule has 0 bridgehead atoms. The van der Waals surface area contributed by atoms with Gasteiger partial charge >= 0.3 is 5.97 Å². The zero-order valence-electron chi connectivity index (χ0n) is 17.9. The van der Waals surface area contributed by atoms with E-state index in [4.69, 9.17) is 19.3 Å². The highest BCUT2D eigenvalue weighted by molar-refractivity contribution is 9.10. The van der Waals surface area contributed by atoms with Gasteiger partial charge in [0.1, 0.15) is 11.7 Å². The number of ether oxygens (including phenoxy) is 3. The number of rotatable bonds is 9. The van der Waals surface area contributed by atoms with Gasteiger partial charge in [-0.25, -0.2) is 0 Å². The van der Waals surface area contributed by atoms with Gasteiger partial charge in [0.05, 0.1) is 21.3 Å². The van der Waals surface area contributed by atoms with Crippen molar-refractivity contribution in [2.24, 2.45) is 0 Å². The minimum absolute atomic E-state index is 0.139. The van der Waals surface area contributed by atoms with Crippen LogP contribution in [0.4, 0.5) is 0 Å². The van der Waals surface area contributed by atoms with Gasteiger partial charge in [-0.05, 0) is 42.8 Å². The van der Waals surface area contributed by atoms with Gasteiger partial charge in [-0.15, -0.1) is 0 Å². The molecule has 0 aliphatic carbocycles. The van der Waals surface area contributed by atoms with Crippen LogP contribution in [0.1, 0.15) is 22.8 Å². The van der Waals surface area contributed by atoms with Crippen LogP contribution in [-0.2, 0) is 9.59 Å². The van der Waals surface area contributed by atoms with E-state index < -0.39 is 23.8 Å². The minimum Gasteiger partial charge on any atom is -0.493 e. The Morgan fingerprint density at radius 1 is 1.00 bits per heavy atom. The summed E-state index contributed by atoms with van der Waals surface area (Å²) in [7, 11) is 4.27. The van der Waals surface area contributed by atoms with Crippen molar-refractivity contribution in [2.45, 2.75) is 13.0 Å². The molecule has 2 aromatic carbocycles. The molecule has 0 saturated heterocycles. The summed E-state index contributed by atoms with van der Waals surface area (Å²) in [6.45, 7) is 1.32. The third-order valence-electron chi connectivity index (χ3n) is 4.32. The Labute approximate surface area is 193 Å². The molecule has 0 aliphatic rings. The number of carboxylic acids is 1. The Bertz CT molecular complexity index is 1010. The van der Waals surface area contributed by atoms with E-state index >= 15 is 0 Å². The number of carbonyl (C=O) groups is 3. The Kier molecular flexibility index (Phi) is 8.65. The van der Waals surface area contributed by atoms with Gasteiger partial charge in [0.25, 0.3) is 11.8 Å². The summed E-state index contributed by atoms with van der Waals surface area (Å²) < 4.78 is 16.6. The summed E-state index contributed by atoms with van der Waals surface area (Å²) in [4.78, 5) is 36.8. The number of aliphatic carboxylic acids is 1. The Morgan fingerprint density at radius 2 is 1.56 bits per heavy atom. The molecule has 0 heterocycles. The first kappa shape index (κ1) is 24.7. The fourth-order valence-corrected chi connectivity index (χ4v) is 2.89. The maximum absolute atomic E-state index is 13.0. The summed E-state index contributed by atoms with van der Waals surface area (Å²) >= 11 is 3.33.